The lowest BCUT2D eigenvalue weighted by molar-refractivity contribution is -0.140. The highest BCUT2D eigenvalue weighted by Crippen LogP contribution is 2.28. The predicted molar refractivity (Wildman–Crippen MR) is 102 cm³/mol. The number of esters is 1. The first-order valence-electron chi connectivity index (χ1n) is 9.38. The molecule has 1 saturated heterocycles. The number of amides is 1. The van der Waals surface area contributed by atoms with Crippen LogP contribution in [-0.2, 0) is 14.3 Å². The molecule has 1 aromatic rings. The van der Waals surface area contributed by atoms with Gasteiger partial charge in [0.25, 0.3) is 0 Å². The number of piperazine rings is 1. The van der Waals surface area contributed by atoms with E-state index in [9.17, 15) is 9.59 Å². The van der Waals surface area contributed by atoms with Gasteiger partial charge < -0.3 is 19.3 Å². The van der Waals surface area contributed by atoms with Crippen molar-refractivity contribution in [2.75, 3.05) is 45.3 Å². The maximum atomic E-state index is 12.4. The zero-order chi connectivity index (χ0) is 18.8. The van der Waals surface area contributed by atoms with Gasteiger partial charge in [0.2, 0.25) is 5.91 Å². The normalized spacial score (nSPS) is 14.2. The number of ether oxygens (including phenoxy) is 2. The molecule has 0 N–H and O–H groups in total. The Morgan fingerprint density at radius 1 is 0.923 bits per heavy atom. The largest absolute Gasteiger partial charge is 0.495 e. The van der Waals surface area contributed by atoms with Crippen molar-refractivity contribution >= 4 is 17.6 Å². The summed E-state index contributed by atoms with van der Waals surface area (Å²) in [5.41, 5.74) is 1.09. The van der Waals surface area contributed by atoms with Crippen molar-refractivity contribution in [2.45, 2.75) is 38.5 Å². The van der Waals surface area contributed by atoms with Gasteiger partial charge in [-0.2, -0.15) is 0 Å². The van der Waals surface area contributed by atoms with Gasteiger partial charge in [0.15, 0.2) is 0 Å². The van der Waals surface area contributed by atoms with E-state index in [-0.39, 0.29) is 11.9 Å². The van der Waals surface area contributed by atoms with Gasteiger partial charge in [0, 0.05) is 39.0 Å². The average molecular weight is 362 g/mol. The minimum Gasteiger partial charge on any atom is -0.495 e. The summed E-state index contributed by atoms with van der Waals surface area (Å²) < 4.78 is 10.0. The van der Waals surface area contributed by atoms with Crippen LogP contribution in [0, 0.1) is 0 Å². The number of carbonyl (C=O) groups excluding carboxylic acids is 2. The van der Waals surface area contributed by atoms with Crippen LogP contribution in [0.15, 0.2) is 24.3 Å². The van der Waals surface area contributed by atoms with Crippen LogP contribution in [0.1, 0.15) is 38.5 Å². The molecule has 6 nitrogen and oxygen atoms in total. The Kier molecular flexibility index (Phi) is 8.25. The number of nitrogens with zero attached hydrogens (tertiary/aromatic N) is 2. The first-order valence-corrected chi connectivity index (χ1v) is 9.38. The number of methoxy groups -OCH3 is 2. The van der Waals surface area contributed by atoms with Gasteiger partial charge in [0.1, 0.15) is 5.75 Å². The fourth-order valence-electron chi connectivity index (χ4n) is 3.25. The summed E-state index contributed by atoms with van der Waals surface area (Å²) in [5.74, 6) is 0.950. The molecular formula is C20H30N2O4. The smallest absolute Gasteiger partial charge is 0.305 e. The van der Waals surface area contributed by atoms with Crippen LogP contribution in [0.3, 0.4) is 0 Å². The molecule has 26 heavy (non-hydrogen) atoms. The molecule has 0 atom stereocenters. The molecule has 2 rings (SSSR count). The van der Waals surface area contributed by atoms with E-state index in [0.717, 1.165) is 63.3 Å². The molecule has 1 amide bonds. The van der Waals surface area contributed by atoms with Crippen LogP contribution in [-0.4, -0.2) is 57.2 Å². The number of hydrogen-bond acceptors (Lipinski definition) is 5. The molecule has 0 saturated carbocycles. The molecular weight excluding hydrogens is 332 g/mol. The van der Waals surface area contributed by atoms with Crippen molar-refractivity contribution in [1.82, 2.24) is 4.90 Å². The first kappa shape index (κ1) is 20.1. The lowest BCUT2D eigenvalue weighted by atomic mass is 10.1. The van der Waals surface area contributed by atoms with Gasteiger partial charge in [-0.1, -0.05) is 25.0 Å². The lowest BCUT2D eigenvalue weighted by Gasteiger charge is -2.36. The van der Waals surface area contributed by atoms with Gasteiger partial charge in [-0.3, -0.25) is 9.59 Å². The fraction of sp³-hybridized carbons (Fsp3) is 0.600. The third kappa shape index (κ3) is 5.93. The molecule has 0 spiro atoms. The number of benzene rings is 1. The van der Waals surface area contributed by atoms with Gasteiger partial charge in [-0.25, -0.2) is 0 Å². The van der Waals surface area contributed by atoms with E-state index in [0.29, 0.717) is 12.8 Å². The summed E-state index contributed by atoms with van der Waals surface area (Å²) >= 11 is 0. The summed E-state index contributed by atoms with van der Waals surface area (Å²) in [7, 11) is 3.10. The summed E-state index contributed by atoms with van der Waals surface area (Å²) in [6, 6.07) is 8.00. The highest BCUT2D eigenvalue weighted by Gasteiger charge is 2.22. The quantitative estimate of drug-likeness (QED) is 0.499. The maximum Gasteiger partial charge on any atom is 0.305 e. The van der Waals surface area contributed by atoms with Gasteiger partial charge in [0.05, 0.1) is 19.9 Å². The fourth-order valence-corrected chi connectivity index (χ4v) is 3.25. The van der Waals surface area contributed by atoms with E-state index in [1.807, 2.05) is 23.1 Å². The molecule has 1 fully saturated rings. The second-order valence-corrected chi connectivity index (χ2v) is 6.53. The van der Waals surface area contributed by atoms with E-state index in [4.69, 9.17) is 4.74 Å². The topological polar surface area (TPSA) is 59.1 Å². The Balaban J connectivity index is 1.66. The molecule has 0 unspecified atom stereocenters. The molecule has 1 aliphatic rings. The summed E-state index contributed by atoms with van der Waals surface area (Å²) in [6.45, 7) is 3.15. The number of anilines is 1. The molecule has 1 aromatic carbocycles. The second kappa shape index (κ2) is 10.7. The van der Waals surface area contributed by atoms with Crippen molar-refractivity contribution in [3.8, 4) is 5.75 Å². The molecule has 6 heteroatoms. The highest BCUT2D eigenvalue weighted by molar-refractivity contribution is 5.76. The van der Waals surface area contributed by atoms with E-state index in [1.54, 1.807) is 7.11 Å². The van der Waals surface area contributed by atoms with Crippen molar-refractivity contribution in [3.63, 3.8) is 0 Å². The predicted octanol–water partition coefficient (Wildman–Crippen LogP) is 2.86. The first-order chi connectivity index (χ1) is 12.7. The van der Waals surface area contributed by atoms with Gasteiger partial charge in [-0.15, -0.1) is 0 Å². The van der Waals surface area contributed by atoms with E-state index in [1.165, 1.54) is 7.11 Å². The Hall–Kier alpha value is -2.24. The van der Waals surface area contributed by atoms with Crippen molar-refractivity contribution in [1.29, 1.82) is 0 Å². The molecule has 1 aliphatic heterocycles. The van der Waals surface area contributed by atoms with Crippen LogP contribution in [0.25, 0.3) is 0 Å². The lowest BCUT2D eigenvalue weighted by Crippen LogP contribution is -2.48. The molecule has 0 bridgehead atoms. The number of para-hydroxylation sites is 2. The Morgan fingerprint density at radius 2 is 1.58 bits per heavy atom. The third-order valence-electron chi connectivity index (χ3n) is 4.81. The number of unbranched alkanes of at least 4 members (excludes halogenated alkanes) is 3. The third-order valence-corrected chi connectivity index (χ3v) is 4.81. The maximum absolute atomic E-state index is 12.4. The molecule has 0 aliphatic carbocycles. The van der Waals surface area contributed by atoms with Crippen molar-refractivity contribution in [2.24, 2.45) is 0 Å². The minimum atomic E-state index is -0.158. The van der Waals surface area contributed by atoms with Crippen LogP contribution in [0.2, 0.25) is 0 Å². The standard InChI is InChI=1S/C20H30N2O4/c1-25-18-10-8-7-9-17(18)21-13-15-22(16-14-21)19(23)11-5-3-4-6-12-20(24)26-2/h7-10H,3-6,11-16H2,1-2H3. The number of hydrogen-bond donors (Lipinski definition) is 0. The zero-order valence-electron chi connectivity index (χ0n) is 15.9. The zero-order valence-corrected chi connectivity index (χ0v) is 15.9. The summed E-state index contributed by atoms with van der Waals surface area (Å²) in [6.07, 6.45) is 4.71. The Bertz CT molecular complexity index is 583. The molecule has 0 radical (unpaired) electrons. The van der Waals surface area contributed by atoms with Crippen LogP contribution in [0.4, 0.5) is 5.69 Å². The van der Waals surface area contributed by atoms with Gasteiger partial charge in [-0.05, 0) is 25.0 Å². The number of carbonyl (C=O) groups is 2. The van der Waals surface area contributed by atoms with Gasteiger partial charge >= 0.3 is 5.97 Å². The SMILES string of the molecule is COC(=O)CCCCCCC(=O)N1CCN(c2ccccc2OC)CC1. The van der Waals surface area contributed by atoms with Crippen LogP contribution in [0.5, 0.6) is 5.75 Å². The molecule has 1 heterocycles. The van der Waals surface area contributed by atoms with Crippen molar-refractivity contribution in [3.05, 3.63) is 24.3 Å². The van der Waals surface area contributed by atoms with E-state index in [2.05, 4.69) is 15.7 Å². The van der Waals surface area contributed by atoms with Crippen LogP contribution < -0.4 is 9.64 Å². The summed E-state index contributed by atoms with van der Waals surface area (Å²) in [4.78, 5) is 27.6. The van der Waals surface area contributed by atoms with Crippen molar-refractivity contribution < 1.29 is 19.1 Å². The monoisotopic (exact) mass is 362 g/mol. The number of rotatable bonds is 9. The highest BCUT2D eigenvalue weighted by atomic mass is 16.5. The Morgan fingerprint density at radius 3 is 2.23 bits per heavy atom. The van der Waals surface area contributed by atoms with E-state index < -0.39 is 0 Å². The average Bonchev–Trinajstić information content (AvgIpc) is 2.70. The Labute approximate surface area is 156 Å². The van der Waals surface area contributed by atoms with E-state index >= 15 is 0 Å². The summed E-state index contributed by atoms with van der Waals surface area (Å²) in [5, 5.41) is 0. The minimum absolute atomic E-state index is 0.158. The molecule has 144 valence electrons. The van der Waals surface area contributed by atoms with Crippen LogP contribution >= 0.6 is 0 Å². The second-order valence-electron chi connectivity index (χ2n) is 6.53. The molecule has 0 aromatic heterocycles.